The van der Waals surface area contributed by atoms with Crippen LogP contribution in [0.1, 0.15) is 104 Å². The van der Waals surface area contributed by atoms with Crippen molar-refractivity contribution in [2.75, 3.05) is 36.2 Å². The highest BCUT2D eigenvalue weighted by Crippen LogP contribution is 2.76. The predicted octanol–water partition coefficient (Wildman–Crippen LogP) is 5.75. The van der Waals surface area contributed by atoms with E-state index in [2.05, 4.69) is 32.9 Å². The molecule has 1 aromatic rings. The number of hydrogen-bond donors (Lipinski definition) is 7. The van der Waals surface area contributed by atoms with Gasteiger partial charge in [0, 0.05) is 47.7 Å². The molecule has 1 amide bonds. The third-order valence-electron chi connectivity index (χ3n) is 19.9. The fourth-order valence-electron chi connectivity index (χ4n) is 16.0. The van der Waals surface area contributed by atoms with Crippen LogP contribution in [0, 0.1) is 63.1 Å². The number of nitrogens with zero attached hydrogens (tertiary/aromatic N) is 1. The molecule has 8 bridgehead atoms. The van der Waals surface area contributed by atoms with E-state index in [9.17, 15) is 35.7 Å². The first-order chi connectivity index (χ1) is 29.9. The molecule has 16 unspecified atom stereocenters. The summed E-state index contributed by atoms with van der Waals surface area (Å²) in [5.41, 5.74) is -6.50. The molecule has 0 aromatic heterocycles. The summed E-state index contributed by atoms with van der Waals surface area (Å²) < 4.78 is 6.48. The van der Waals surface area contributed by atoms with Gasteiger partial charge in [-0.1, -0.05) is 67.9 Å². The lowest BCUT2D eigenvalue weighted by molar-refractivity contribution is -0.222. The number of fused-ring (bicyclic) bond motifs is 1. The van der Waals surface area contributed by atoms with Crippen molar-refractivity contribution in [2.24, 2.45) is 63.1 Å². The molecule has 16 atom stereocenters. The number of hydrogen-bond acceptors (Lipinski definition) is 12. The number of epoxide rings is 1. The molecule has 7 N–H and O–H groups in total. The second kappa shape index (κ2) is 15.3. The van der Waals surface area contributed by atoms with Gasteiger partial charge in [0.1, 0.15) is 23.1 Å². The molecule has 4 saturated carbocycles. The number of aliphatic hydroxyl groups excluding tert-OH is 3. The number of rotatable bonds is 5. The quantitative estimate of drug-likeness (QED) is 0.108. The van der Waals surface area contributed by atoms with Gasteiger partial charge in [0.15, 0.2) is 5.78 Å². The van der Waals surface area contributed by atoms with Crippen molar-refractivity contribution >= 4 is 39.0 Å². The number of allylic oxidation sites excluding steroid dienone is 2. The number of phenolic OH excluding ortho intramolecular Hbond substituents is 1. The summed E-state index contributed by atoms with van der Waals surface area (Å²) in [5.74, 6) is 0.0424. The molecule has 63 heavy (non-hydrogen) atoms. The third-order valence-corrected chi connectivity index (χ3v) is 22.4. The van der Waals surface area contributed by atoms with E-state index in [-0.39, 0.29) is 66.7 Å². The van der Waals surface area contributed by atoms with E-state index in [1.165, 1.54) is 0 Å². The second-order valence-corrected chi connectivity index (χ2v) is 24.9. The number of amides is 1. The first-order valence-corrected chi connectivity index (χ1v) is 26.4. The predicted molar refractivity (Wildman–Crippen MR) is 243 cm³/mol. The van der Waals surface area contributed by atoms with E-state index >= 15 is 9.59 Å². The average Bonchev–Trinajstić information content (AvgIpc) is 3.93. The Morgan fingerprint density at radius 1 is 1.00 bits per heavy atom. The van der Waals surface area contributed by atoms with E-state index in [1.807, 2.05) is 17.9 Å². The molecule has 6 aliphatic carbocycles. The van der Waals surface area contributed by atoms with Gasteiger partial charge in [0.2, 0.25) is 5.91 Å². The lowest BCUT2D eigenvalue weighted by Gasteiger charge is -2.67. The Hall–Kier alpha value is -1.94. The Labute approximate surface area is 379 Å². The monoisotopic (exact) mass is 907 g/mol. The summed E-state index contributed by atoms with van der Waals surface area (Å²) >= 11 is 0. The topological polar surface area (TPSA) is 192 Å². The molecule has 6 fully saturated rings. The highest BCUT2D eigenvalue weighted by Gasteiger charge is 2.78. The number of ketones is 1. The molecule has 5 aliphatic heterocycles. The van der Waals surface area contributed by atoms with E-state index in [0.717, 1.165) is 24.8 Å². The molecular weight excluding hydrogens is 839 g/mol. The first kappa shape index (κ1) is 44.9. The minimum absolute atomic E-state index is 0.0192. The SMILES string of the molecule is CC(C)C(C)C1OC1C1(O)CC=CC2CC3C4=CC(=O)C5(CSSCC6CCCC(CO)C67CCN(C7=O)c6cc(O)cc(c6)CCC26C1CCC46O)CC(O)C(O)(CO)CC35C. The van der Waals surface area contributed by atoms with E-state index < -0.39 is 69.1 Å². The standard InChI is InChI=1S/C50H69NO10S2/c1-28(2)29(3)41-42(61-41)49(59)12-6-9-31-19-36-37-21-39(55)45(22-40(56)46(58,26-53)25-44(36,45)4)27-63-62-24-33-8-5-7-32(23-52)47(33)15-16-51(43(47)57)34-17-30(18-35(54)20-34)10-13-48(31)38(49)11-14-50(37,48)60/h6,9,17-18,20-21,28-29,31-33,36,38,40-42,52-54,56,58-60H,5,7-8,10-16,19,22-27H2,1-4H3. The van der Waals surface area contributed by atoms with Crippen LogP contribution in [0.4, 0.5) is 5.69 Å². The maximum absolute atomic E-state index is 15.4. The van der Waals surface area contributed by atoms with Gasteiger partial charge in [0.25, 0.3) is 0 Å². The number of aryl methyl sites for hydroxylation is 1. The number of benzene rings is 1. The van der Waals surface area contributed by atoms with Gasteiger partial charge in [-0.25, -0.2) is 0 Å². The summed E-state index contributed by atoms with van der Waals surface area (Å²) in [4.78, 5) is 32.3. The zero-order chi connectivity index (χ0) is 44.7. The number of aromatic hydroxyl groups is 1. The number of carbonyl (C=O) groups excluding carboxylic acids is 2. The Morgan fingerprint density at radius 3 is 2.54 bits per heavy atom. The molecule has 13 heteroatoms. The normalized spacial score (nSPS) is 48.4. The molecule has 2 saturated heterocycles. The second-order valence-electron chi connectivity index (χ2n) is 22.4. The van der Waals surface area contributed by atoms with Crippen molar-refractivity contribution in [3.8, 4) is 5.75 Å². The van der Waals surface area contributed by atoms with E-state index in [0.29, 0.717) is 80.2 Å². The fraction of sp³-hybridized carbons (Fsp3) is 0.760. The summed E-state index contributed by atoms with van der Waals surface area (Å²) in [5, 5.41) is 84.0. The molecule has 11 nitrogen and oxygen atoms in total. The van der Waals surface area contributed by atoms with Crippen LogP contribution in [0.25, 0.3) is 0 Å². The van der Waals surface area contributed by atoms with Gasteiger partial charge in [-0.3, -0.25) is 9.59 Å². The van der Waals surface area contributed by atoms with Crippen molar-refractivity contribution in [1.29, 1.82) is 0 Å². The van der Waals surface area contributed by atoms with Crippen molar-refractivity contribution in [2.45, 2.75) is 140 Å². The molecular formula is C50H69NO10S2. The maximum atomic E-state index is 15.4. The molecule has 1 aromatic carbocycles. The molecule has 346 valence electrons. The van der Waals surface area contributed by atoms with Crippen LogP contribution in [-0.4, -0.2) is 114 Å². The number of anilines is 1. The Kier molecular flexibility index (Phi) is 10.9. The van der Waals surface area contributed by atoms with Crippen molar-refractivity contribution in [3.05, 3.63) is 47.6 Å². The van der Waals surface area contributed by atoms with E-state index in [1.54, 1.807) is 39.8 Å². The fourth-order valence-corrected chi connectivity index (χ4v) is 19.3. The van der Waals surface area contributed by atoms with Gasteiger partial charge in [0.05, 0.1) is 35.2 Å². The van der Waals surface area contributed by atoms with Crippen LogP contribution in [-0.2, 0) is 20.7 Å². The van der Waals surface area contributed by atoms with Gasteiger partial charge < -0.3 is 45.4 Å². The number of ether oxygens (including phenoxy) is 1. The third kappa shape index (κ3) is 6.04. The average molecular weight is 908 g/mol. The van der Waals surface area contributed by atoms with Crippen LogP contribution in [0.3, 0.4) is 0 Å². The zero-order valence-electron chi connectivity index (χ0n) is 37.4. The Morgan fingerprint density at radius 2 is 1.79 bits per heavy atom. The van der Waals surface area contributed by atoms with Crippen LogP contribution >= 0.6 is 21.6 Å². The Bertz CT molecular complexity index is 2100. The maximum Gasteiger partial charge on any atom is 0.233 e. The van der Waals surface area contributed by atoms with Gasteiger partial charge in [-0.05, 0) is 141 Å². The summed E-state index contributed by atoms with van der Waals surface area (Å²) in [7, 11) is 3.20. The molecule has 12 rings (SSSR count). The van der Waals surface area contributed by atoms with E-state index in [4.69, 9.17) is 4.74 Å². The van der Waals surface area contributed by atoms with Crippen molar-refractivity contribution < 1.29 is 50.1 Å². The lowest BCUT2D eigenvalue weighted by Crippen LogP contribution is -2.71. The molecule has 11 aliphatic rings. The van der Waals surface area contributed by atoms with Crippen molar-refractivity contribution in [1.82, 2.24) is 0 Å². The van der Waals surface area contributed by atoms with Gasteiger partial charge in [-0.15, -0.1) is 0 Å². The number of aliphatic hydroxyl groups is 6. The zero-order valence-corrected chi connectivity index (χ0v) is 39.0. The summed E-state index contributed by atoms with van der Waals surface area (Å²) in [6.07, 6.45) is 9.62. The summed E-state index contributed by atoms with van der Waals surface area (Å²) in [6.45, 7) is 8.26. The highest BCUT2D eigenvalue weighted by atomic mass is 33.1. The van der Waals surface area contributed by atoms with Gasteiger partial charge >= 0.3 is 0 Å². The molecule has 0 radical (unpaired) electrons. The van der Waals surface area contributed by atoms with Crippen LogP contribution in [0.5, 0.6) is 5.75 Å². The van der Waals surface area contributed by atoms with Crippen molar-refractivity contribution in [3.63, 3.8) is 0 Å². The first-order valence-electron chi connectivity index (χ1n) is 23.9. The summed E-state index contributed by atoms with van der Waals surface area (Å²) in [6, 6.07) is 5.40. The Balaban J connectivity index is 1.15. The largest absolute Gasteiger partial charge is 0.508 e. The van der Waals surface area contributed by atoms with Gasteiger partial charge in [-0.2, -0.15) is 0 Å². The van der Waals surface area contributed by atoms with Crippen LogP contribution in [0.2, 0.25) is 0 Å². The molecule has 3 spiro atoms. The van der Waals surface area contributed by atoms with Crippen LogP contribution < -0.4 is 4.90 Å². The smallest absolute Gasteiger partial charge is 0.233 e. The minimum atomic E-state index is -1.86. The lowest BCUT2D eigenvalue weighted by atomic mass is 9.38. The molecule has 5 heterocycles. The highest BCUT2D eigenvalue weighted by molar-refractivity contribution is 8.76. The number of phenols is 1. The number of carbonyl (C=O) groups is 2. The minimum Gasteiger partial charge on any atom is -0.508 e. The van der Waals surface area contributed by atoms with Crippen LogP contribution in [0.15, 0.2) is 42.0 Å².